The lowest BCUT2D eigenvalue weighted by atomic mass is 9.86. The maximum Gasteiger partial charge on any atom is 0.0384 e. The Kier molecular flexibility index (Phi) is 57.4. The maximum absolute atomic E-state index is 3.39. The fourth-order valence-electron chi connectivity index (χ4n) is 14.5. The van der Waals surface area contributed by atoms with Crippen LogP contribution in [0.15, 0.2) is 437 Å². The van der Waals surface area contributed by atoms with Crippen molar-refractivity contribution in [2.24, 2.45) is 5.92 Å². The summed E-state index contributed by atoms with van der Waals surface area (Å²) < 4.78 is 0. The summed E-state index contributed by atoms with van der Waals surface area (Å²) in [7, 11) is 0. The van der Waals surface area contributed by atoms with Gasteiger partial charge in [-0.05, 0) is 272 Å². The summed E-state index contributed by atoms with van der Waals surface area (Å²) in [5, 5.41) is 13.6. The fourth-order valence-corrected chi connectivity index (χ4v) is 14.5. The van der Waals surface area contributed by atoms with Gasteiger partial charge < -0.3 is 21.3 Å². The van der Waals surface area contributed by atoms with E-state index >= 15 is 0 Å². The van der Waals surface area contributed by atoms with Crippen LogP contribution in [0.3, 0.4) is 0 Å². The zero-order chi connectivity index (χ0) is 101. The number of benzene rings is 16. The van der Waals surface area contributed by atoms with Gasteiger partial charge in [0, 0.05) is 45.5 Å². The molecule has 0 amide bonds. The van der Waals surface area contributed by atoms with Gasteiger partial charge in [0.2, 0.25) is 0 Å². The highest BCUT2D eigenvalue weighted by Crippen LogP contribution is 2.28. The van der Waals surface area contributed by atoms with Crippen molar-refractivity contribution < 1.29 is 0 Å². The van der Waals surface area contributed by atoms with E-state index in [1.54, 1.807) is 0 Å². The topological polar surface area (TPSA) is 48.1 Å². The molecule has 4 heteroatoms. The molecule has 0 aromatic heterocycles. The number of hydrogen-bond donors (Lipinski definition) is 4. The van der Waals surface area contributed by atoms with Crippen molar-refractivity contribution in [1.82, 2.24) is 0 Å². The molecule has 0 radical (unpaired) electrons. The van der Waals surface area contributed by atoms with Crippen molar-refractivity contribution in [2.75, 3.05) is 21.3 Å². The second-order valence-electron chi connectivity index (χ2n) is 36.9. The van der Waals surface area contributed by atoms with Crippen LogP contribution in [-0.4, -0.2) is 0 Å². The van der Waals surface area contributed by atoms with Crippen LogP contribution in [0.5, 0.6) is 0 Å². The molecule has 0 fully saturated rings. The van der Waals surface area contributed by atoms with E-state index in [9.17, 15) is 0 Å². The lowest BCUT2D eigenvalue weighted by Gasteiger charge is -2.19. The zero-order valence-electron chi connectivity index (χ0n) is 89.2. The molecule has 0 atom stereocenters. The fraction of sp³-hybridized carbons (Fsp3) is 0.289. The van der Waals surface area contributed by atoms with Gasteiger partial charge in [0.25, 0.3) is 0 Å². The first kappa shape index (κ1) is 116. The molecule has 16 rings (SSSR count). The van der Waals surface area contributed by atoms with Crippen LogP contribution in [0.4, 0.5) is 45.5 Å². The number of hydrogen-bond acceptors (Lipinski definition) is 4. The number of rotatable bonds is 26. The average molecular weight is 1850 g/mol. The number of para-hydroxylation sites is 4. The number of unbranched alkanes of at least 4 members (excludes halogenated alkanes) is 1. The quantitative estimate of drug-likeness (QED) is 0.0436. The molecule has 0 spiro atoms. The molecule has 0 heterocycles. The van der Waals surface area contributed by atoms with E-state index in [0.29, 0.717) is 29.6 Å². The Morgan fingerprint density at radius 3 is 0.540 bits per heavy atom. The van der Waals surface area contributed by atoms with Crippen LogP contribution < -0.4 is 21.3 Å². The first-order valence-corrected chi connectivity index (χ1v) is 51.6. The van der Waals surface area contributed by atoms with Crippen LogP contribution in [0, 0.1) is 5.92 Å². The van der Waals surface area contributed by atoms with E-state index in [1.807, 2.05) is 128 Å². The molecular formula is C135H170N4. The predicted molar refractivity (Wildman–Crippen MR) is 619 cm³/mol. The monoisotopic (exact) mass is 1850 g/mol. The van der Waals surface area contributed by atoms with Crippen molar-refractivity contribution in [2.45, 2.75) is 253 Å². The van der Waals surface area contributed by atoms with Gasteiger partial charge in [-0.15, -0.1) is 0 Å². The Hall–Kier alpha value is -13.3. The van der Waals surface area contributed by atoms with Gasteiger partial charge in [0.1, 0.15) is 0 Å². The first-order chi connectivity index (χ1) is 67.4. The molecule has 0 aliphatic carbocycles. The molecule has 0 aliphatic heterocycles. The standard InChI is InChI=1S/4C19H17N.3C13H20.C12H18.4C2H6/c4*1-3-7-16(8-4-1)15-17-11-13-19(14-12-17)20-18-9-5-2-6-10-18;1-10(2)11-6-8-12(9-7-11)13(3,4)5;1-10(2)9-12-5-7-13(8-6-12)11(3)4;1-4-5-6-12-7-9-13(10-8-12)11(2)3;1-9(2)11-5-7-12(8-6-11)10(3)4;4*1-2/h4*1-14,20H,15H2;6-10H,1-5H3;5-8,10-11H,9H2,1-4H3;7-11H,4-6H2,1-3H3;5-10H,1-4H3;4*1-2H3. The molecule has 4 N–H and O–H groups in total. The second-order valence-corrected chi connectivity index (χ2v) is 36.9. The van der Waals surface area contributed by atoms with Crippen LogP contribution in [0.25, 0.3) is 0 Å². The molecule has 4 nitrogen and oxygen atoms in total. The Bertz CT molecular complexity index is 4860. The van der Waals surface area contributed by atoms with E-state index in [2.05, 4.69) is 496 Å². The Morgan fingerprint density at radius 1 is 0.187 bits per heavy atom. The van der Waals surface area contributed by atoms with Crippen molar-refractivity contribution in [3.8, 4) is 0 Å². The third kappa shape index (κ3) is 48.5. The van der Waals surface area contributed by atoms with Gasteiger partial charge in [0.15, 0.2) is 0 Å². The molecule has 16 aromatic rings. The summed E-state index contributed by atoms with van der Waals surface area (Å²) in [6.07, 6.45) is 8.93. The summed E-state index contributed by atoms with van der Waals surface area (Å²) in [4.78, 5) is 0. The molecule has 0 aliphatic rings. The third-order valence-electron chi connectivity index (χ3n) is 22.5. The molecular weight excluding hydrogens is 1680 g/mol. The molecule has 16 aromatic carbocycles. The minimum absolute atomic E-state index is 0.273. The van der Waals surface area contributed by atoms with E-state index in [4.69, 9.17) is 0 Å². The molecule has 0 bridgehead atoms. The van der Waals surface area contributed by atoms with E-state index in [-0.39, 0.29) is 5.41 Å². The zero-order valence-corrected chi connectivity index (χ0v) is 89.2. The van der Waals surface area contributed by atoms with Crippen LogP contribution in [-0.2, 0) is 43.9 Å². The van der Waals surface area contributed by atoms with Gasteiger partial charge >= 0.3 is 0 Å². The summed E-state index contributed by atoms with van der Waals surface area (Å²) in [6, 6.07) is 154. The molecule has 0 saturated heterocycles. The SMILES string of the molecule is CC.CC.CC.CC.CC(C)Cc1ccc(C(C)C)cc1.CC(C)c1ccc(C(C)(C)C)cc1.CC(C)c1ccc(C(C)C)cc1.CCCCc1ccc(C(C)C)cc1.c1ccc(Cc2ccc(Nc3ccccc3)cc2)cc1.c1ccc(Cc2ccc(Nc3ccccc3)cc2)cc1.c1ccc(Cc2ccc(Nc3ccccc3)cc2)cc1.c1ccc(Cc2ccc(Nc3ccccc3)cc2)cc1. The normalized spacial score (nSPS) is 10.2. The van der Waals surface area contributed by atoms with Crippen molar-refractivity contribution in [3.63, 3.8) is 0 Å². The molecule has 0 saturated carbocycles. The first-order valence-electron chi connectivity index (χ1n) is 51.6. The molecule has 139 heavy (non-hydrogen) atoms. The van der Waals surface area contributed by atoms with Crippen LogP contribution >= 0.6 is 0 Å². The lowest BCUT2D eigenvalue weighted by molar-refractivity contribution is 0.589. The number of nitrogens with one attached hydrogen (secondary N) is 4. The predicted octanol–water partition coefficient (Wildman–Crippen LogP) is 40.4. The van der Waals surface area contributed by atoms with Gasteiger partial charge in [-0.3, -0.25) is 0 Å². The van der Waals surface area contributed by atoms with E-state index < -0.39 is 0 Å². The Labute approximate surface area is 845 Å². The highest BCUT2D eigenvalue weighted by molar-refractivity contribution is 5.63. The van der Waals surface area contributed by atoms with Crippen molar-refractivity contribution in [3.05, 3.63) is 526 Å². The Morgan fingerprint density at radius 2 is 0.353 bits per heavy atom. The minimum atomic E-state index is 0.273. The van der Waals surface area contributed by atoms with Crippen molar-refractivity contribution in [1.29, 1.82) is 0 Å². The largest absolute Gasteiger partial charge is 0.356 e. The average Bonchev–Trinajstić information content (AvgIpc) is 0.849. The minimum Gasteiger partial charge on any atom is -0.356 e. The van der Waals surface area contributed by atoms with Gasteiger partial charge in [-0.1, -0.05) is 512 Å². The van der Waals surface area contributed by atoms with Crippen LogP contribution in [0.1, 0.15) is 298 Å². The molecule has 0 unspecified atom stereocenters. The maximum atomic E-state index is 3.39. The van der Waals surface area contributed by atoms with E-state index in [1.165, 1.54) is 115 Å². The van der Waals surface area contributed by atoms with Gasteiger partial charge in [-0.25, -0.2) is 0 Å². The van der Waals surface area contributed by atoms with Crippen LogP contribution in [0.2, 0.25) is 0 Å². The Balaban J connectivity index is 0.000000279. The summed E-state index contributed by atoms with van der Waals surface area (Å²) in [5.74, 6) is 3.98. The van der Waals surface area contributed by atoms with Crippen molar-refractivity contribution >= 4 is 45.5 Å². The third-order valence-corrected chi connectivity index (χ3v) is 22.5. The summed E-state index contributed by atoms with van der Waals surface area (Å²) in [6.45, 7) is 51.8. The number of aryl methyl sites for hydroxylation is 1. The smallest absolute Gasteiger partial charge is 0.0384 e. The molecule has 730 valence electrons. The van der Waals surface area contributed by atoms with Gasteiger partial charge in [0.05, 0.1) is 0 Å². The summed E-state index contributed by atoms with van der Waals surface area (Å²) >= 11 is 0. The number of anilines is 8. The highest BCUT2D eigenvalue weighted by atomic mass is 14.9. The highest BCUT2D eigenvalue weighted by Gasteiger charge is 2.14. The van der Waals surface area contributed by atoms with Gasteiger partial charge in [-0.2, -0.15) is 0 Å². The summed E-state index contributed by atoms with van der Waals surface area (Å²) in [5.41, 5.74) is 31.4. The van der Waals surface area contributed by atoms with E-state index in [0.717, 1.165) is 77.1 Å². The second kappa shape index (κ2) is 68.7. The lowest BCUT2D eigenvalue weighted by Crippen LogP contribution is -2.10.